The SMILES string of the molecule is CC(C)(C)[C@H]1CCc2c(sc(N=Cc3c(OCc4ccccc4)ccc4ccccc34)c2C(=O)Nc2ccccc2)C1. The highest BCUT2D eigenvalue weighted by Gasteiger charge is 2.33. The molecule has 0 saturated carbocycles. The second kappa shape index (κ2) is 11.9. The molecule has 0 saturated heterocycles. The van der Waals surface area contributed by atoms with Crippen molar-refractivity contribution in [3.05, 3.63) is 124 Å². The third kappa shape index (κ3) is 6.02. The van der Waals surface area contributed by atoms with Crippen LogP contribution in [0.4, 0.5) is 10.7 Å². The molecule has 4 nitrogen and oxygen atoms in total. The average Bonchev–Trinajstić information content (AvgIpc) is 3.37. The number of anilines is 1. The average molecular weight is 573 g/mol. The van der Waals surface area contributed by atoms with Crippen LogP contribution in [-0.4, -0.2) is 12.1 Å². The molecule has 0 fully saturated rings. The van der Waals surface area contributed by atoms with Crippen LogP contribution in [-0.2, 0) is 19.4 Å². The molecule has 0 aliphatic heterocycles. The number of hydrogen-bond acceptors (Lipinski definition) is 4. The fraction of sp³-hybridized carbons (Fsp3) is 0.243. The van der Waals surface area contributed by atoms with E-state index in [2.05, 4.69) is 56.4 Å². The van der Waals surface area contributed by atoms with Gasteiger partial charge in [-0.25, -0.2) is 4.99 Å². The standard InChI is InChI=1S/C37H36N2O2S/c1-37(2,3)27-19-20-30-33(22-27)42-36(34(30)35(40)39-28-15-8-5-9-16-28)38-23-31-29-17-11-10-14-26(29)18-21-32(31)41-24-25-12-6-4-7-13-25/h4-18,21,23,27H,19-20,22,24H2,1-3H3,(H,39,40)/t27-/m0/s1. The van der Waals surface area contributed by atoms with Gasteiger partial charge in [0.2, 0.25) is 0 Å². The Bertz CT molecular complexity index is 1730. The van der Waals surface area contributed by atoms with E-state index in [0.717, 1.165) is 63.2 Å². The van der Waals surface area contributed by atoms with Crippen molar-refractivity contribution in [2.24, 2.45) is 16.3 Å². The number of nitrogens with zero attached hydrogens (tertiary/aromatic N) is 1. The number of ether oxygens (including phenoxy) is 1. The van der Waals surface area contributed by atoms with E-state index in [0.29, 0.717) is 18.1 Å². The number of rotatable bonds is 7. The van der Waals surface area contributed by atoms with Crippen molar-refractivity contribution in [2.45, 2.75) is 46.6 Å². The Morgan fingerprint density at radius 3 is 2.43 bits per heavy atom. The largest absolute Gasteiger partial charge is 0.488 e. The Kier molecular flexibility index (Phi) is 7.94. The van der Waals surface area contributed by atoms with Crippen LogP contribution in [0.5, 0.6) is 5.75 Å². The lowest BCUT2D eigenvalue weighted by Crippen LogP contribution is -2.27. The van der Waals surface area contributed by atoms with Crippen LogP contribution in [0.2, 0.25) is 0 Å². The van der Waals surface area contributed by atoms with Crippen LogP contribution in [0, 0.1) is 11.3 Å². The first-order valence-electron chi connectivity index (χ1n) is 14.6. The van der Waals surface area contributed by atoms with Gasteiger partial charge in [-0.2, -0.15) is 0 Å². The molecule has 1 amide bonds. The summed E-state index contributed by atoms with van der Waals surface area (Å²) >= 11 is 1.66. The Hall–Kier alpha value is -4.22. The molecule has 1 aromatic heterocycles. The lowest BCUT2D eigenvalue weighted by Gasteiger charge is -2.33. The molecule has 1 aliphatic carbocycles. The number of carbonyl (C=O) groups is 1. The summed E-state index contributed by atoms with van der Waals surface area (Å²) in [6.45, 7) is 7.41. The quantitative estimate of drug-likeness (QED) is 0.197. The molecule has 5 heteroatoms. The molecule has 0 radical (unpaired) electrons. The van der Waals surface area contributed by atoms with E-state index in [1.54, 1.807) is 11.3 Å². The second-order valence-electron chi connectivity index (χ2n) is 12.0. The second-order valence-corrected chi connectivity index (χ2v) is 13.1. The zero-order chi connectivity index (χ0) is 29.1. The molecule has 1 aliphatic rings. The van der Waals surface area contributed by atoms with Crippen LogP contribution in [0.3, 0.4) is 0 Å². The van der Waals surface area contributed by atoms with Gasteiger partial charge in [0.1, 0.15) is 17.4 Å². The molecule has 1 atom stereocenters. The summed E-state index contributed by atoms with van der Waals surface area (Å²) in [5.74, 6) is 1.24. The molecular formula is C37H36N2O2S. The number of hydrogen-bond donors (Lipinski definition) is 1. The van der Waals surface area contributed by atoms with Gasteiger partial charge in [0, 0.05) is 22.3 Å². The topological polar surface area (TPSA) is 50.7 Å². The van der Waals surface area contributed by atoms with E-state index >= 15 is 0 Å². The van der Waals surface area contributed by atoms with Crippen molar-refractivity contribution < 1.29 is 9.53 Å². The van der Waals surface area contributed by atoms with Crippen molar-refractivity contribution in [3.63, 3.8) is 0 Å². The van der Waals surface area contributed by atoms with Crippen LogP contribution < -0.4 is 10.1 Å². The van der Waals surface area contributed by atoms with E-state index < -0.39 is 0 Å². The van der Waals surface area contributed by atoms with Crippen molar-refractivity contribution in [2.75, 3.05) is 5.32 Å². The number of amides is 1. The molecule has 4 aromatic carbocycles. The fourth-order valence-electron chi connectivity index (χ4n) is 5.74. The maximum absolute atomic E-state index is 13.8. The first-order chi connectivity index (χ1) is 20.4. The summed E-state index contributed by atoms with van der Waals surface area (Å²) in [4.78, 5) is 20.1. The number of benzene rings is 4. The first-order valence-corrected chi connectivity index (χ1v) is 15.4. The summed E-state index contributed by atoms with van der Waals surface area (Å²) < 4.78 is 6.34. The Morgan fingerprint density at radius 2 is 1.67 bits per heavy atom. The van der Waals surface area contributed by atoms with Crippen LogP contribution in [0.1, 0.15) is 59.1 Å². The van der Waals surface area contributed by atoms with E-state index in [9.17, 15) is 4.79 Å². The van der Waals surface area contributed by atoms with E-state index in [1.165, 1.54) is 4.88 Å². The summed E-state index contributed by atoms with van der Waals surface area (Å²) in [5, 5.41) is 6.06. The predicted octanol–water partition coefficient (Wildman–Crippen LogP) is 9.63. The maximum Gasteiger partial charge on any atom is 0.259 e. The molecule has 42 heavy (non-hydrogen) atoms. The van der Waals surface area contributed by atoms with Gasteiger partial charge < -0.3 is 10.1 Å². The van der Waals surface area contributed by atoms with Gasteiger partial charge in [-0.1, -0.05) is 99.6 Å². The molecular weight excluding hydrogens is 536 g/mol. The van der Waals surface area contributed by atoms with Crippen molar-refractivity contribution >= 4 is 44.9 Å². The van der Waals surface area contributed by atoms with Crippen LogP contribution in [0.25, 0.3) is 10.8 Å². The number of aliphatic imine (C=N–C) groups is 1. The van der Waals surface area contributed by atoms with Crippen LogP contribution in [0.15, 0.2) is 102 Å². The molecule has 0 unspecified atom stereocenters. The molecule has 212 valence electrons. The minimum Gasteiger partial charge on any atom is -0.488 e. The smallest absolute Gasteiger partial charge is 0.259 e. The lowest BCUT2D eigenvalue weighted by molar-refractivity contribution is 0.102. The third-order valence-electron chi connectivity index (χ3n) is 8.21. The molecule has 5 aromatic rings. The molecule has 0 spiro atoms. The highest BCUT2D eigenvalue weighted by atomic mass is 32.1. The zero-order valence-electron chi connectivity index (χ0n) is 24.4. The highest BCUT2D eigenvalue weighted by Crippen LogP contribution is 2.45. The number of fused-ring (bicyclic) bond motifs is 2. The third-order valence-corrected chi connectivity index (χ3v) is 9.37. The van der Waals surface area contributed by atoms with Gasteiger partial charge in [-0.3, -0.25) is 4.79 Å². The summed E-state index contributed by atoms with van der Waals surface area (Å²) in [7, 11) is 0. The zero-order valence-corrected chi connectivity index (χ0v) is 25.2. The van der Waals surface area contributed by atoms with E-state index in [4.69, 9.17) is 9.73 Å². The number of thiophene rings is 1. The maximum atomic E-state index is 13.8. The Labute approximate surface area is 252 Å². The first kappa shape index (κ1) is 27.9. The molecule has 1 heterocycles. The fourth-order valence-corrected chi connectivity index (χ4v) is 7.01. The summed E-state index contributed by atoms with van der Waals surface area (Å²) in [6.07, 6.45) is 4.83. The van der Waals surface area contributed by atoms with Gasteiger partial charge in [0.05, 0.1) is 5.56 Å². The Morgan fingerprint density at radius 1 is 0.952 bits per heavy atom. The van der Waals surface area contributed by atoms with Crippen molar-refractivity contribution in [3.8, 4) is 5.75 Å². The van der Waals surface area contributed by atoms with E-state index in [-0.39, 0.29) is 11.3 Å². The van der Waals surface area contributed by atoms with Gasteiger partial charge in [-0.05, 0) is 70.7 Å². The lowest BCUT2D eigenvalue weighted by atomic mass is 9.72. The normalized spacial score (nSPS) is 15.1. The van der Waals surface area contributed by atoms with Gasteiger partial charge in [0.25, 0.3) is 5.91 Å². The van der Waals surface area contributed by atoms with Gasteiger partial charge >= 0.3 is 0 Å². The Balaban J connectivity index is 1.40. The molecule has 0 bridgehead atoms. The predicted molar refractivity (Wildman–Crippen MR) is 176 cm³/mol. The molecule has 6 rings (SSSR count). The number of para-hydroxylation sites is 1. The highest BCUT2D eigenvalue weighted by molar-refractivity contribution is 7.16. The monoisotopic (exact) mass is 572 g/mol. The van der Waals surface area contributed by atoms with Crippen molar-refractivity contribution in [1.29, 1.82) is 0 Å². The van der Waals surface area contributed by atoms with Gasteiger partial charge in [-0.15, -0.1) is 11.3 Å². The van der Waals surface area contributed by atoms with Gasteiger partial charge in [0.15, 0.2) is 0 Å². The number of carbonyl (C=O) groups excluding carboxylic acids is 1. The van der Waals surface area contributed by atoms with E-state index in [1.807, 2.05) is 72.9 Å². The van der Waals surface area contributed by atoms with Crippen LogP contribution >= 0.6 is 11.3 Å². The number of nitrogens with one attached hydrogen (secondary N) is 1. The molecule has 1 N–H and O–H groups in total. The van der Waals surface area contributed by atoms with Crippen molar-refractivity contribution in [1.82, 2.24) is 0 Å². The summed E-state index contributed by atoms with van der Waals surface area (Å²) in [5.41, 5.74) is 4.87. The summed E-state index contributed by atoms with van der Waals surface area (Å²) in [6, 6.07) is 32.2. The minimum atomic E-state index is -0.0986. The minimum absolute atomic E-state index is 0.0986.